The second-order valence-corrected chi connectivity index (χ2v) is 12.4. The molecule has 212 valence electrons. The van der Waals surface area contributed by atoms with Crippen molar-refractivity contribution >= 4 is 64.6 Å². The van der Waals surface area contributed by atoms with E-state index >= 15 is 0 Å². The molecule has 10 aromatic rings. The summed E-state index contributed by atoms with van der Waals surface area (Å²) in [4.78, 5) is 0. The predicted octanol–water partition coefficient (Wildman–Crippen LogP) is 13.0. The fourth-order valence-electron chi connectivity index (χ4n) is 8.04. The van der Waals surface area contributed by atoms with E-state index in [1.807, 2.05) is 0 Å². The quantitative estimate of drug-likeness (QED) is 0.144. The van der Waals surface area contributed by atoms with Gasteiger partial charge in [0.15, 0.2) is 0 Å². The van der Waals surface area contributed by atoms with E-state index in [4.69, 9.17) is 0 Å². The van der Waals surface area contributed by atoms with Gasteiger partial charge in [-0.3, -0.25) is 0 Å². The Kier molecular flexibility index (Phi) is 5.38. The topological polar surface area (TPSA) is 0 Å². The fourth-order valence-corrected chi connectivity index (χ4v) is 8.04. The van der Waals surface area contributed by atoms with Crippen LogP contribution in [0.25, 0.3) is 98.0 Å². The first-order chi connectivity index (χ1) is 22.8. The van der Waals surface area contributed by atoms with Gasteiger partial charge in [-0.2, -0.15) is 0 Å². The Bertz CT molecular complexity index is 2770. The van der Waals surface area contributed by atoms with Gasteiger partial charge in [-0.15, -0.1) is 0 Å². The average molecular weight is 581 g/mol. The molecule has 0 aliphatic heterocycles. The molecule has 0 radical (unpaired) electrons. The maximum atomic E-state index is 2.39. The maximum Gasteiger partial charge on any atom is -0.000763 e. The van der Waals surface area contributed by atoms with E-state index in [1.165, 1.54) is 98.0 Å². The van der Waals surface area contributed by atoms with Gasteiger partial charge >= 0.3 is 0 Å². The van der Waals surface area contributed by atoms with Gasteiger partial charge in [0, 0.05) is 0 Å². The van der Waals surface area contributed by atoms with Crippen molar-refractivity contribution in [1.29, 1.82) is 0 Å². The molecule has 0 fully saturated rings. The van der Waals surface area contributed by atoms with Crippen LogP contribution in [0, 0.1) is 0 Å². The number of hydrogen-bond acceptors (Lipinski definition) is 0. The Morgan fingerprint density at radius 3 is 1.59 bits per heavy atom. The van der Waals surface area contributed by atoms with Crippen LogP contribution in [0.4, 0.5) is 0 Å². The lowest BCUT2D eigenvalue weighted by molar-refractivity contribution is 1.64. The Hall–Kier alpha value is -5.98. The minimum absolute atomic E-state index is 1.24. The zero-order valence-corrected chi connectivity index (χ0v) is 25.2. The third kappa shape index (κ3) is 3.56. The van der Waals surface area contributed by atoms with Crippen LogP contribution in [0.3, 0.4) is 0 Å². The van der Waals surface area contributed by atoms with Crippen molar-refractivity contribution in [2.75, 3.05) is 0 Å². The number of fused-ring (bicyclic) bond motifs is 5. The molecule has 0 spiro atoms. The van der Waals surface area contributed by atoms with Crippen LogP contribution in [0.15, 0.2) is 170 Å². The van der Waals surface area contributed by atoms with Gasteiger partial charge in [0.1, 0.15) is 0 Å². The Morgan fingerprint density at radius 1 is 0.239 bits per heavy atom. The summed E-state index contributed by atoms with van der Waals surface area (Å²) in [5.41, 5.74) is 7.60. The number of rotatable bonds is 3. The van der Waals surface area contributed by atoms with Gasteiger partial charge in [-0.1, -0.05) is 164 Å². The van der Waals surface area contributed by atoms with Crippen molar-refractivity contribution in [2.45, 2.75) is 0 Å². The normalized spacial score (nSPS) is 11.9. The highest BCUT2D eigenvalue weighted by molar-refractivity contribution is 6.40. The highest BCUT2D eigenvalue weighted by Crippen LogP contribution is 2.49. The van der Waals surface area contributed by atoms with Crippen molar-refractivity contribution in [3.05, 3.63) is 170 Å². The summed E-state index contributed by atoms with van der Waals surface area (Å²) in [6, 6.07) is 62.7. The highest BCUT2D eigenvalue weighted by Gasteiger charge is 2.21. The lowest BCUT2D eigenvalue weighted by Crippen LogP contribution is -1.93. The van der Waals surface area contributed by atoms with E-state index in [9.17, 15) is 0 Å². The Balaban J connectivity index is 1.34. The van der Waals surface area contributed by atoms with Gasteiger partial charge in [0.2, 0.25) is 0 Å². The zero-order valence-electron chi connectivity index (χ0n) is 25.2. The summed E-state index contributed by atoms with van der Waals surface area (Å²) in [7, 11) is 0. The molecule has 0 heteroatoms. The standard InChI is InChI=1S/C46H28/c1-3-12-29(13-4-1)31-24-25-33-32(28-31)16-9-19-34(33)36-26-27-42-44-38(36)20-10-22-40(44)41-23-11-21-39-35-17-7-8-18-37(35)43(46(42)45(39)41)30-14-5-2-6-15-30/h1-28H. The molecular weight excluding hydrogens is 553 g/mol. The van der Waals surface area contributed by atoms with Gasteiger partial charge in [-0.25, -0.2) is 0 Å². The molecule has 0 heterocycles. The van der Waals surface area contributed by atoms with E-state index in [-0.39, 0.29) is 0 Å². The molecule has 0 aliphatic rings. The first-order valence-corrected chi connectivity index (χ1v) is 16.0. The molecule has 0 saturated carbocycles. The van der Waals surface area contributed by atoms with Crippen LogP contribution < -0.4 is 0 Å². The molecule has 0 bridgehead atoms. The third-order valence-corrected chi connectivity index (χ3v) is 9.99. The third-order valence-electron chi connectivity index (χ3n) is 9.99. The minimum atomic E-state index is 1.24. The molecule has 0 unspecified atom stereocenters. The van der Waals surface area contributed by atoms with Crippen LogP contribution in [0.2, 0.25) is 0 Å². The second kappa shape index (κ2) is 9.76. The molecule has 0 aromatic heterocycles. The monoisotopic (exact) mass is 580 g/mol. The van der Waals surface area contributed by atoms with Crippen molar-refractivity contribution in [1.82, 2.24) is 0 Å². The van der Waals surface area contributed by atoms with Crippen molar-refractivity contribution < 1.29 is 0 Å². The van der Waals surface area contributed by atoms with E-state index < -0.39 is 0 Å². The molecule has 0 saturated heterocycles. The average Bonchev–Trinajstić information content (AvgIpc) is 3.13. The van der Waals surface area contributed by atoms with Crippen molar-refractivity contribution in [3.63, 3.8) is 0 Å². The SMILES string of the molecule is c1ccc(-c2ccc3c(-c4ccc5c6c(-c7ccccc7)c7ccccc7c7cccc(c8cccc4c85)c76)cccc3c2)cc1. The summed E-state index contributed by atoms with van der Waals surface area (Å²) in [6.45, 7) is 0. The first-order valence-electron chi connectivity index (χ1n) is 16.0. The predicted molar refractivity (Wildman–Crippen MR) is 199 cm³/mol. The Labute approximate surface area is 267 Å². The van der Waals surface area contributed by atoms with E-state index in [2.05, 4.69) is 170 Å². The molecule has 0 nitrogen and oxygen atoms in total. The molecule has 0 N–H and O–H groups in total. The van der Waals surface area contributed by atoms with Crippen LogP contribution in [-0.2, 0) is 0 Å². The molecular formula is C46H28. The maximum absolute atomic E-state index is 2.39. The lowest BCUT2D eigenvalue weighted by Gasteiger charge is -2.21. The summed E-state index contributed by atoms with van der Waals surface area (Å²) < 4.78 is 0. The van der Waals surface area contributed by atoms with E-state index in [0.717, 1.165) is 0 Å². The highest BCUT2D eigenvalue weighted by atomic mass is 14.2. The van der Waals surface area contributed by atoms with Crippen LogP contribution in [0.5, 0.6) is 0 Å². The molecule has 0 amide bonds. The second-order valence-electron chi connectivity index (χ2n) is 12.4. The van der Waals surface area contributed by atoms with Crippen LogP contribution in [0.1, 0.15) is 0 Å². The summed E-state index contributed by atoms with van der Waals surface area (Å²) in [6.07, 6.45) is 0. The van der Waals surface area contributed by atoms with Gasteiger partial charge in [0.05, 0.1) is 0 Å². The first kappa shape index (κ1) is 25.4. The minimum Gasteiger partial charge on any atom is -0.0622 e. The van der Waals surface area contributed by atoms with Gasteiger partial charge in [0.25, 0.3) is 0 Å². The summed E-state index contributed by atoms with van der Waals surface area (Å²) >= 11 is 0. The van der Waals surface area contributed by atoms with Crippen molar-refractivity contribution in [3.8, 4) is 33.4 Å². The van der Waals surface area contributed by atoms with E-state index in [1.54, 1.807) is 0 Å². The smallest absolute Gasteiger partial charge is 0.000763 e. The van der Waals surface area contributed by atoms with Crippen LogP contribution in [-0.4, -0.2) is 0 Å². The largest absolute Gasteiger partial charge is 0.0622 e. The number of benzene rings is 10. The molecule has 0 aliphatic carbocycles. The zero-order chi connectivity index (χ0) is 30.2. The molecule has 10 rings (SSSR count). The van der Waals surface area contributed by atoms with Crippen LogP contribution >= 0.6 is 0 Å². The summed E-state index contributed by atoms with van der Waals surface area (Å²) in [5, 5.41) is 15.7. The fraction of sp³-hybridized carbons (Fsp3) is 0. The molecule has 0 atom stereocenters. The molecule has 46 heavy (non-hydrogen) atoms. The number of hydrogen-bond donors (Lipinski definition) is 0. The van der Waals surface area contributed by atoms with E-state index in [0.29, 0.717) is 0 Å². The lowest BCUT2D eigenvalue weighted by atomic mass is 9.81. The molecule has 10 aromatic carbocycles. The van der Waals surface area contributed by atoms with Gasteiger partial charge in [-0.05, 0) is 104 Å². The van der Waals surface area contributed by atoms with Gasteiger partial charge < -0.3 is 0 Å². The summed E-state index contributed by atoms with van der Waals surface area (Å²) in [5.74, 6) is 0. The Morgan fingerprint density at radius 2 is 0.804 bits per heavy atom. The van der Waals surface area contributed by atoms with Crippen molar-refractivity contribution in [2.24, 2.45) is 0 Å².